The molecule has 0 aliphatic rings. The van der Waals surface area contributed by atoms with Crippen LogP contribution in [0.5, 0.6) is 11.5 Å². The first kappa shape index (κ1) is 12.2. The summed E-state index contributed by atoms with van der Waals surface area (Å²) in [6.07, 6.45) is 5.74. The van der Waals surface area contributed by atoms with Gasteiger partial charge in [-0.25, -0.2) is 4.98 Å². The van der Waals surface area contributed by atoms with Gasteiger partial charge in [-0.3, -0.25) is 0 Å². The summed E-state index contributed by atoms with van der Waals surface area (Å²) in [4.78, 5) is 4.15. The molecule has 0 bridgehead atoms. The van der Waals surface area contributed by atoms with Gasteiger partial charge in [-0.15, -0.1) is 0 Å². The fourth-order valence-electron chi connectivity index (χ4n) is 1.63. The molecule has 2 rings (SSSR count). The number of benzene rings is 1. The zero-order valence-electron chi connectivity index (χ0n) is 10.6. The molecule has 1 N–H and O–H groups in total. The van der Waals surface area contributed by atoms with Crippen molar-refractivity contribution in [3.05, 3.63) is 54.2 Å². The van der Waals surface area contributed by atoms with Gasteiger partial charge in [-0.1, -0.05) is 30.4 Å². The first-order chi connectivity index (χ1) is 8.83. The molecule has 1 aromatic heterocycles. The van der Waals surface area contributed by atoms with Gasteiger partial charge in [0, 0.05) is 24.9 Å². The first-order valence-corrected chi connectivity index (χ1v) is 5.87. The van der Waals surface area contributed by atoms with Crippen molar-refractivity contribution >= 4 is 11.9 Å². The Morgan fingerprint density at radius 2 is 2.06 bits per heavy atom. The molecule has 92 valence electrons. The van der Waals surface area contributed by atoms with E-state index in [1.807, 2.05) is 62.5 Å². The highest BCUT2D eigenvalue weighted by Gasteiger charge is 2.02. The molecule has 0 radical (unpaired) electrons. The minimum absolute atomic E-state index is 0.770. The van der Waals surface area contributed by atoms with Crippen LogP contribution < -0.4 is 10.1 Å². The van der Waals surface area contributed by atoms with Crippen molar-refractivity contribution in [2.24, 2.45) is 0 Å². The maximum absolute atomic E-state index is 5.87. The molecule has 0 unspecified atom stereocenters. The topological polar surface area (TPSA) is 34.1 Å². The van der Waals surface area contributed by atoms with Crippen LogP contribution in [0.1, 0.15) is 12.5 Å². The van der Waals surface area contributed by atoms with E-state index in [4.69, 9.17) is 4.74 Å². The predicted octanol–water partition coefficient (Wildman–Crippen LogP) is 3.95. The highest BCUT2D eigenvalue weighted by Crippen LogP contribution is 2.26. The Morgan fingerprint density at radius 1 is 1.22 bits per heavy atom. The number of nitrogens with one attached hydrogen (secondary N) is 1. The number of allylic oxidation sites excluding steroid dienone is 1. The second kappa shape index (κ2) is 5.87. The zero-order chi connectivity index (χ0) is 12.8. The van der Waals surface area contributed by atoms with Gasteiger partial charge in [0.15, 0.2) is 0 Å². The molecule has 0 spiro atoms. The summed E-state index contributed by atoms with van der Waals surface area (Å²) >= 11 is 0. The molecule has 18 heavy (non-hydrogen) atoms. The number of aromatic nitrogens is 1. The largest absolute Gasteiger partial charge is 0.457 e. The van der Waals surface area contributed by atoms with Gasteiger partial charge in [0.25, 0.3) is 0 Å². The van der Waals surface area contributed by atoms with Gasteiger partial charge in [-0.05, 0) is 19.1 Å². The van der Waals surface area contributed by atoms with Gasteiger partial charge < -0.3 is 10.1 Å². The minimum Gasteiger partial charge on any atom is -0.457 e. The molecule has 0 saturated carbocycles. The molecule has 0 amide bonds. The molecule has 0 aliphatic carbocycles. The second-order valence-electron chi connectivity index (χ2n) is 3.77. The van der Waals surface area contributed by atoms with Gasteiger partial charge in [-0.2, -0.15) is 0 Å². The van der Waals surface area contributed by atoms with E-state index in [1.54, 1.807) is 6.20 Å². The molecule has 0 atom stereocenters. The zero-order valence-corrected chi connectivity index (χ0v) is 10.6. The lowest BCUT2D eigenvalue weighted by molar-refractivity contribution is 0.481. The summed E-state index contributed by atoms with van der Waals surface area (Å²) in [6.45, 7) is 1.99. The fourth-order valence-corrected chi connectivity index (χ4v) is 1.63. The molecular formula is C15H16N2O. The first-order valence-electron chi connectivity index (χ1n) is 5.87. The number of hydrogen-bond donors (Lipinski definition) is 1. The third-order valence-corrected chi connectivity index (χ3v) is 2.48. The molecule has 0 aliphatic heterocycles. The number of para-hydroxylation sites is 1. The Labute approximate surface area is 107 Å². The standard InChI is InChI=1S/C15H16N2O/c1-3-6-12-7-4-5-8-14(12)18-13-9-10-17-15(11-13)16-2/h3-11H,1-2H3,(H,16,17)/b6-3+. The van der Waals surface area contributed by atoms with Crippen LogP contribution in [0.4, 0.5) is 5.82 Å². The van der Waals surface area contributed by atoms with E-state index in [9.17, 15) is 0 Å². The van der Waals surface area contributed by atoms with Crippen LogP contribution in [-0.4, -0.2) is 12.0 Å². The normalized spacial score (nSPS) is 10.6. The molecule has 3 heteroatoms. The molecule has 2 aromatic rings. The maximum atomic E-state index is 5.87. The summed E-state index contributed by atoms with van der Waals surface area (Å²) in [6, 6.07) is 11.6. The van der Waals surface area contributed by atoms with E-state index in [0.29, 0.717) is 0 Å². The maximum Gasteiger partial charge on any atom is 0.134 e. The molecule has 0 fully saturated rings. The van der Waals surface area contributed by atoms with E-state index in [0.717, 1.165) is 22.9 Å². The quantitative estimate of drug-likeness (QED) is 0.878. The van der Waals surface area contributed by atoms with Crippen LogP contribution in [0.3, 0.4) is 0 Å². The molecular weight excluding hydrogens is 224 g/mol. The minimum atomic E-state index is 0.770. The third-order valence-electron chi connectivity index (χ3n) is 2.48. The van der Waals surface area contributed by atoms with Gasteiger partial charge in [0.05, 0.1) is 0 Å². The predicted molar refractivity (Wildman–Crippen MR) is 75.0 cm³/mol. The van der Waals surface area contributed by atoms with Crippen LogP contribution in [0, 0.1) is 0 Å². The number of nitrogens with zero attached hydrogens (tertiary/aromatic N) is 1. The molecule has 1 aromatic carbocycles. The average molecular weight is 240 g/mol. The van der Waals surface area contributed by atoms with Crippen molar-refractivity contribution in [2.45, 2.75) is 6.92 Å². The van der Waals surface area contributed by atoms with Crippen molar-refractivity contribution in [2.75, 3.05) is 12.4 Å². The SMILES string of the molecule is C/C=C/c1ccccc1Oc1ccnc(NC)c1. The van der Waals surface area contributed by atoms with E-state index < -0.39 is 0 Å². The Morgan fingerprint density at radius 3 is 2.83 bits per heavy atom. The number of rotatable bonds is 4. The fraction of sp³-hybridized carbons (Fsp3) is 0.133. The summed E-state index contributed by atoms with van der Waals surface area (Å²) in [7, 11) is 1.83. The van der Waals surface area contributed by atoms with E-state index in [2.05, 4.69) is 10.3 Å². The lowest BCUT2D eigenvalue weighted by atomic mass is 10.2. The summed E-state index contributed by atoms with van der Waals surface area (Å²) in [5.41, 5.74) is 1.06. The van der Waals surface area contributed by atoms with Crippen molar-refractivity contribution < 1.29 is 4.74 Å². The van der Waals surface area contributed by atoms with Gasteiger partial charge in [0.2, 0.25) is 0 Å². The molecule has 0 saturated heterocycles. The molecule has 1 heterocycles. The van der Waals surface area contributed by atoms with Crippen molar-refractivity contribution in [1.82, 2.24) is 4.98 Å². The number of pyridine rings is 1. The Bertz CT molecular complexity index is 550. The summed E-state index contributed by atoms with van der Waals surface area (Å²) in [5, 5.41) is 2.99. The van der Waals surface area contributed by atoms with Crippen LogP contribution >= 0.6 is 0 Å². The molecule has 3 nitrogen and oxygen atoms in total. The average Bonchev–Trinajstić information content (AvgIpc) is 2.41. The van der Waals surface area contributed by atoms with E-state index in [1.165, 1.54) is 0 Å². The van der Waals surface area contributed by atoms with Crippen LogP contribution in [-0.2, 0) is 0 Å². The van der Waals surface area contributed by atoms with E-state index in [-0.39, 0.29) is 0 Å². The van der Waals surface area contributed by atoms with Crippen molar-refractivity contribution in [3.63, 3.8) is 0 Å². The Kier molecular flexibility index (Phi) is 3.97. The lowest BCUT2D eigenvalue weighted by Gasteiger charge is -2.09. The lowest BCUT2D eigenvalue weighted by Crippen LogP contribution is -1.93. The van der Waals surface area contributed by atoms with Crippen molar-refractivity contribution in [1.29, 1.82) is 0 Å². The highest BCUT2D eigenvalue weighted by atomic mass is 16.5. The number of anilines is 1. The summed E-state index contributed by atoms with van der Waals surface area (Å²) < 4.78 is 5.87. The van der Waals surface area contributed by atoms with Crippen LogP contribution in [0.25, 0.3) is 6.08 Å². The summed E-state index contributed by atoms with van der Waals surface area (Å²) in [5.74, 6) is 2.39. The monoisotopic (exact) mass is 240 g/mol. The van der Waals surface area contributed by atoms with Gasteiger partial charge in [0.1, 0.15) is 17.3 Å². The van der Waals surface area contributed by atoms with Gasteiger partial charge >= 0.3 is 0 Å². The second-order valence-corrected chi connectivity index (χ2v) is 3.77. The van der Waals surface area contributed by atoms with Crippen molar-refractivity contribution in [3.8, 4) is 11.5 Å². The smallest absolute Gasteiger partial charge is 0.134 e. The number of hydrogen-bond acceptors (Lipinski definition) is 3. The van der Waals surface area contributed by atoms with E-state index >= 15 is 0 Å². The third kappa shape index (κ3) is 2.88. The Hall–Kier alpha value is -2.29. The highest BCUT2D eigenvalue weighted by molar-refractivity contribution is 5.58. The number of ether oxygens (including phenoxy) is 1. The van der Waals surface area contributed by atoms with Crippen LogP contribution in [0.2, 0.25) is 0 Å². The van der Waals surface area contributed by atoms with Crippen LogP contribution in [0.15, 0.2) is 48.7 Å². The Balaban J connectivity index is 2.27.